The molecule has 6 heteroatoms. The molecule has 0 aromatic heterocycles. The lowest BCUT2D eigenvalue weighted by Gasteiger charge is -2.13. The van der Waals surface area contributed by atoms with Crippen LogP contribution < -0.4 is 16.0 Å². The highest BCUT2D eigenvalue weighted by atomic mass is 16.2. The average Bonchev–Trinajstić information content (AvgIpc) is 2.98. The molecular formula is C16H21N3O3. The number of benzene rings is 1. The van der Waals surface area contributed by atoms with Crippen molar-refractivity contribution in [1.82, 2.24) is 10.6 Å². The van der Waals surface area contributed by atoms with Crippen LogP contribution in [0.15, 0.2) is 24.3 Å². The fraction of sp³-hybridized carbons (Fsp3) is 0.438. The zero-order valence-corrected chi connectivity index (χ0v) is 12.6. The van der Waals surface area contributed by atoms with Crippen molar-refractivity contribution in [3.8, 4) is 0 Å². The molecule has 0 radical (unpaired) electrons. The minimum atomic E-state index is -0.460. The fourth-order valence-corrected chi connectivity index (χ4v) is 2.58. The Morgan fingerprint density at radius 2 is 1.82 bits per heavy atom. The number of ketones is 1. The van der Waals surface area contributed by atoms with E-state index in [2.05, 4.69) is 16.0 Å². The first-order chi connectivity index (χ1) is 10.6. The first-order valence-electron chi connectivity index (χ1n) is 7.50. The van der Waals surface area contributed by atoms with E-state index in [9.17, 15) is 14.4 Å². The van der Waals surface area contributed by atoms with Crippen molar-refractivity contribution in [2.45, 2.75) is 38.6 Å². The minimum absolute atomic E-state index is 0.0671. The zero-order valence-electron chi connectivity index (χ0n) is 12.6. The number of urea groups is 1. The van der Waals surface area contributed by atoms with Gasteiger partial charge in [0.05, 0.1) is 6.54 Å². The molecule has 1 aliphatic rings. The molecule has 1 aromatic rings. The van der Waals surface area contributed by atoms with Crippen molar-refractivity contribution >= 4 is 23.4 Å². The molecule has 22 heavy (non-hydrogen) atoms. The van der Waals surface area contributed by atoms with Gasteiger partial charge in [-0.25, -0.2) is 4.79 Å². The van der Waals surface area contributed by atoms with Crippen molar-refractivity contribution in [3.63, 3.8) is 0 Å². The molecule has 6 nitrogen and oxygen atoms in total. The summed E-state index contributed by atoms with van der Waals surface area (Å²) in [6.07, 6.45) is 4.16. The Kier molecular flexibility index (Phi) is 5.52. The van der Waals surface area contributed by atoms with E-state index < -0.39 is 11.9 Å². The number of para-hydroxylation sites is 1. The van der Waals surface area contributed by atoms with Crippen LogP contribution in [0, 0.1) is 0 Å². The molecule has 118 valence electrons. The van der Waals surface area contributed by atoms with Gasteiger partial charge < -0.3 is 10.6 Å². The number of anilines is 1. The van der Waals surface area contributed by atoms with E-state index in [0.717, 1.165) is 25.7 Å². The molecule has 0 bridgehead atoms. The number of nitrogens with one attached hydrogen (secondary N) is 3. The van der Waals surface area contributed by atoms with Crippen LogP contribution in [0.3, 0.4) is 0 Å². The SMILES string of the molecule is CC(=O)c1ccccc1NCC(=O)NC(=O)NC1CCCC1. The van der Waals surface area contributed by atoms with Crippen LogP contribution >= 0.6 is 0 Å². The summed E-state index contributed by atoms with van der Waals surface area (Å²) in [5.41, 5.74) is 1.10. The molecule has 0 aliphatic heterocycles. The van der Waals surface area contributed by atoms with Crippen LogP contribution in [0.5, 0.6) is 0 Å². The predicted octanol–water partition coefficient (Wildman–Crippen LogP) is 2.07. The van der Waals surface area contributed by atoms with E-state index in [1.807, 2.05) is 0 Å². The average molecular weight is 303 g/mol. The van der Waals surface area contributed by atoms with Gasteiger partial charge in [-0.1, -0.05) is 25.0 Å². The van der Waals surface area contributed by atoms with Crippen molar-refractivity contribution in [3.05, 3.63) is 29.8 Å². The lowest BCUT2D eigenvalue weighted by molar-refractivity contribution is -0.118. The number of carbonyl (C=O) groups excluding carboxylic acids is 3. The Morgan fingerprint density at radius 3 is 2.50 bits per heavy atom. The number of hydrogen-bond donors (Lipinski definition) is 3. The number of Topliss-reactive ketones (excluding diaryl/α,β-unsaturated/α-hetero) is 1. The summed E-state index contributed by atoms with van der Waals surface area (Å²) >= 11 is 0. The second kappa shape index (κ2) is 7.59. The second-order valence-corrected chi connectivity index (χ2v) is 5.46. The maximum Gasteiger partial charge on any atom is 0.321 e. The van der Waals surface area contributed by atoms with Gasteiger partial charge >= 0.3 is 6.03 Å². The highest BCUT2D eigenvalue weighted by Gasteiger charge is 2.18. The molecule has 1 aliphatic carbocycles. The van der Waals surface area contributed by atoms with Gasteiger partial charge in [-0.05, 0) is 31.9 Å². The summed E-state index contributed by atoms with van der Waals surface area (Å²) < 4.78 is 0. The van der Waals surface area contributed by atoms with Crippen LogP contribution in [0.4, 0.5) is 10.5 Å². The van der Waals surface area contributed by atoms with Crippen molar-refractivity contribution in [1.29, 1.82) is 0 Å². The molecule has 0 heterocycles. The summed E-state index contributed by atoms with van der Waals surface area (Å²) in [4.78, 5) is 34.9. The lowest BCUT2D eigenvalue weighted by atomic mass is 10.1. The molecule has 1 saturated carbocycles. The third-order valence-corrected chi connectivity index (χ3v) is 3.69. The summed E-state index contributed by atoms with van der Waals surface area (Å²) in [5.74, 6) is -0.517. The molecule has 3 amide bonds. The van der Waals surface area contributed by atoms with Gasteiger partial charge in [-0.3, -0.25) is 14.9 Å². The quantitative estimate of drug-likeness (QED) is 0.727. The Balaban J connectivity index is 1.80. The molecule has 0 saturated heterocycles. The van der Waals surface area contributed by atoms with Crippen LogP contribution in [-0.2, 0) is 4.79 Å². The van der Waals surface area contributed by atoms with Crippen LogP contribution in [0.1, 0.15) is 43.0 Å². The maximum atomic E-state index is 11.8. The Morgan fingerprint density at radius 1 is 1.14 bits per heavy atom. The van der Waals surface area contributed by atoms with Crippen LogP contribution in [-0.4, -0.2) is 30.3 Å². The van der Waals surface area contributed by atoms with E-state index in [1.165, 1.54) is 6.92 Å². The zero-order chi connectivity index (χ0) is 15.9. The van der Waals surface area contributed by atoms with Crippen molar-refractivity contribution < 1.29 is 14.4 Å². The van der Waals surface area contributed by atoms with Gasteiger partial charge in [-0.2, -0.15) is 0 Å². The molecular weight excluding hydrogens is 282 g/mol. The normalized spacial score (nSPS) is 14.4. The van der Waals surface area contributed by atoms with Gasteiger partial charge in [0.1, 0.15) is 0 Å². The number of hydrogen-bond acceptors (Lipinski definition) is 4. The molecule has 1 fully saturated rings. The predicted molar refractivity (Wildman–Crippen MR) is 83.9 cm³/mol. The highest BCUT2D eigenvalue weighted by Crippen LogP contribution is 2.17. The summed E-state index contributed by atoms with van der Waals surface area (Å²) in [7, 11) is 0. The second-order valence-electron chi connectivity index (χ2n) is 5.46. The van der Waals surface area contributed by atoms with Crippen molar-refractivity contribution in [2.75, 3.05) is 11.9 Å². The van der Waals surface area contributed by atoms with Gasteiger partial charge in [0.2, 0.25) is 5.91 Å². The Bertz CT molecular complexity index is 566. The number of carbonyl (C=O) groups is 3. The van der Waals surface area contributed by atoms with Gasteiger partial charge in [0.15, 0.2) is 5.78 Å². The number of amides is 3. The van der Waals surface area contributed by atoms with E-state index in [0.29, 0.717) is 11.3 Å². The molecule has 0 atom stereocenters. The summed E-state index contributed by atoms with van der Waals surface area (Å²) in [6.45, 7) is 1.40. The monoisotopic (exact) mass is 303 g/mol. The molecule has 0 unspecified atom stereocenters. The smallest absolute Gasteiger partial charge is 0.321 e. The van der Waals surface area contributed by atoms with Crippen LogP contribution in [0.25, 0.3) is 0 Å². The molecule has 0 spiro atoms. The number of rotatable bonds is 5. The summed E-state index contributed by atoms with van der Waals surface area (Å²) in [6, 6.07) is 6.66. The molecule has 3 N–H and O–H groups in total. The largest absolute Gasteiger partial charge is 0.376 e. The molecule has 2 rings (SSSR count). The van der Waals surface area contributed by atoms with Gasteiger partial charge in [0, 0.05) is 17.3 Å². The fourth-order valence-electron chi connectivity index (χ4n) is 2.58. The first kappa shape index (κ1) is 16.0. The Labute approximate surface area is 129 Å². The van der Waals surface area contributed by atoms with E-state index in [4.69, 9.17) is 0 Å². The first-order valence-corrected chi connectivity index (χ1v) is 7.50. The summed E-state index contributed by atoms with van der Waals surface area (Å²) in [5, 5.41) is 7.95. The van der Waals surface area contributed by atoms with Gasteiger partial charge in [0.25, 0.3) is 0 Å². The highest BCUT2D eigenvalue weighted by molar-refractivity contribution is 6.01. The minimum Gasteiger partial charge on any atom is -0.376 e. The van der Waals surface area contributed by atoms with Crippen LogP contribution in [0.2, 0.25) is 0 Å². The third-order valence-electron chi connectivity index (χ3n) is 3.69. The topological polar surface area (TPSA) is 87.3 Å². The standard InChI is InChI=1S/C16H21N3O3/c1-11(20)13-8-4-5-9-14(13)17-10-15(21)19-16(22)18-12-6-2-3-7-12/h4-5,8-9,12,17H,2-3,6-7,10H2,1H3,(H2,18,19,21,22). The third kappa shape index (κ3) is 4.58. The van der Waals surface area contributed by atoms with Gasteiger partial charge in [-0.15, -0.1) is 0 Å². The number of imide groups is 1. The van der Waals surface area contributed by atoms with E-state index in [1.54, 1.807) is 24.3 Å². The van der Waals surface area contributed by atoms with E-state index in [-0.39, 0.29) is 18.4 Å². The molecule has 1 aromatic carbocycles. The van der Waals surface area contributed by atoms with E-state index >= 15 is 0 Å². The Hall–Kier alpha value is -2.37. The maximum absolute atomic E-state index is 11.8. The lowest BCUT2D eigenvalue weighted by Crippen LogP contribution is -2.45. The van der Waals surface area contributed by atoms with Crippen molar-refractivity contribution in [2.24, 2.45) is 0 Å².